The Morgan fingerprint density at radius 1 is 1.02 bits per heavy atom. The van der Waals surface area contributed by atoms with Gasteiger partial charge in [-0.05, 0) is 37.1 Å². The number of unbranched alkanes of at least 4 members (excludes halogenated alkanes) is 2. The van der Waals surface area contributed by atoms with Gasteiger partial charge in [-0.15, -0.1) is 0 Å². The van der Waals surface area contributed by atoms with E-state index in [9.17, 15) is 34.3 Å². The Morgan fingerprint density at radius 2 is 1.76 bits per heavy atom. The van der Waals surface area contributed by atoms with Crippen molar-refractivity contribution in [1.29, 1.82) is 0 Å². The minimum atomic E-state index is -1.92. The van der Waals surface area contributed by atoms with Crippen LogP contribution in [0.1, 0.15) is 73.3 Å². The number of aliphatic hydroxyl groups is 2. The summed E-state index contributed by atoms with van der Waals surface area (Å²) in [7, 11) is 0. The third-order valence-corrected chi connectivity index (χ3v) is 6.59. The van der Waals surface area contributed by atoms with Crippen molar-refractivity contribution in [1.82, 2.24) is 21.0 Å². The molecule has 1 aromatic heterocycles. The molecule has 7 N–H and O–H groups in total. The molecule has 0 radical (unpaired) electrons. The quantitative estimate of drug-likeness (QED) is 0.0436. The fourth-order valence-electron chi connectivity index (χ4n) is 4.38. The molecule has 0 bridgehead atoms. The number of carbonyl (C=O) groups is 5. The van der Waals surface area contributed by atoms with Crippen molar-refractivity contribution < 1.29 is 48.9 Å². The zero-order chi connectivity index (χ0) is 31.2. The van der Waals surface area contributed by atoms with Crippen LogP contribution >= 0.6 is 0 Å². The van der Waals surface area contributed by atoms with Crippen LogP contribution in [0.15, 0.2) is 40.8 Å². The summed E-state index contributed by atoms with van der Waals surface area (Å²) in [6, 6.07) is 6.64. The predicted molar refractivity (Wildman–Crippen MR) is 148 cm³/mol. The van der Waals surface area contributed by atoms with Gasteiger partial charge in [0.15, 0.2) is 12.1 Å². The Bertz CT molecular complexity index is 1210. The number of nitrogens with zero attached hydrogens (tertiary/aromatic N) is 1. The van der Waals surface area contributed by atoms with E-state index >= 15 is 0 Å². The molecule has 0 spiro atoms. The number of nitrogens with one attached hydrogen (secondary N) is 3. The van der Waals surface area contributed by atoms with Gasteiger partial charge < -0.3 is 35.7 Å². The molecule has 0 fully saturated rings. The molecule has 0 aliphatic rings. The maximum Gasteiger partial charge on any atom is 0.326 e. The molecule has 0 saturated heterocycles. The van der Waals surface area contributed by atoms with E-state index in [1.165, 1.54) is 30.3 Å². The van der Waals surface area contributed by atoms with Crippen molar-refractivity contribution >= 4 is 30.1 Å². The van der Waals surface area contributed by atoms with Gasteiger partial charge in [-0.1, -0.05) is 45.2 Å². The van der Waals surface area contributed by atoms with E-state index in [0.717, 1.165) is 19.3 Å². The molecule has 1 heterocycles. The van der Waals surface area contributed by atoms with E-state index in [-0.39, 0.29) is 30.2 Å². The maximum absolute atomic E-state index is 12.9. The molecule has 42 heavy (non-hydrogen) atoms. The molecule has 230 valence electrons. The number of benzene rings is 1. The Labute approximate surface area is 242 Å². The molecule has 1 aromatic carbocycles. The molecule has 0 unspecified atom stereocenters. The summed E-state index contributed by atoms with van der Waals surface area (Å²) in [6.45, 7) is 3.54. The number of furan rings is 1. The summed E-state index contributed by atoms with van der Waals surface area (Å²) in [4.78, 5) is 60.5. The number of carbonyl (C=O) groups excluding carboxylic acids is 4. The third-order valence-electron chi connectivity index (χ3n) is 6.59. The van der Waals surface area contributed by atoms with Crippen LogP contribution in [-0.4, -0.2) is 80.7 Å². The summed E-state index contributed by atoms with van der Waals surface area (Å²) < 4.78 is 5.62. The van der Waals surface area contributed by atoms with Crippen LogP contribution in [-0.2, 0) is 14.4 Å². The molecule has 3 atom stereocenters. The highest BCUT2D eigenvalue weighted by Crippen LogP contribution is 2.24. The average Bonchev–Trinajstić information content (AvgIpc) is 3.46. The van der Waals surface area contributed by atoms with E-state index in [1.807, 2.05) is 6.92 Å². The molecule has 2 aromatic rings. The summed E-state index contributed by atoms with van der Waals surface area (Å²) >= 11 is 0. The van der Waals surface area contributed by atoms with Crippen LogP contribution in [0.5, 0.6) is 0 Å². The summed E-state index contributed by atoms with van der Waals surface area (Å²) in [5.41, 5.74) is 0.486. The number of carboxylic acid groups (broad SMARTS) is 1. The lowest BCUT2D eigenvalue weighted by atomic mass is 9.90. The Balaban J connectivity index is 2.03. The van der Waals surface area contributed by atoms with E-state index < -0.39 is 54.4 Å². The van der Waals surface area contributed by atoms with Crippen molar-refractivity contribution in [3.63, 3.8) is 0 Å². The smallest absolute Gasteiger partial charge is 0.326 e. The first-order chi connectivity index (χ1) is 20.0. The lowest BCUT2D eigenvalue weighted by Crippen LogP contribution is -2.47. The average molecular weight is 591 g/mol. The second-order valence-electron chi connectivity index (χ2n) is 9.61. The van der Waals surface area contributed by atoms with Crippen molar-refractivity contribution in [3.8, 4) is 11.3 Å². The first kappa shape index (κ1) is 33.9. The SMILES string of the molecule is CCCCC[C@@H](C(=O)NCNC(=O)c1ccc(-c2cccc(C(=O)N[C@@H](CC(O)O)C(=O)O)c2)o1)[C@@H](CC)N(O)C=O. The molecular weight excluding hydrogens is 552 g/mol. The molecule has 4 amide bonds. The standard InChI is InChI=1S/C28H38N4O10/c1-3-5-6-10-19(21(4-2)32(41)16-33)26(37)29-15-30-27(38)23-12-11-22(42-23)17-8-7-9-18(13-17)25(36)31-20(28(39)40)14-24(34)35/h7-9,11-13,16,19-21,24,34-35,41H,3-6,10,14-15H2,1-2H3,(H,29,37)(H,30,38)(H,31,36)(H,39,40)/t19-,20+,21-/m1/s1. The molecule has 14 nitrogen and oxygen atoms in total. The topological polar surface area (TPSA) is 219 Å². The van der Waals surface area contributed by atoms with E-state index in [2.05, 4.69) is 16.0 Å². The van der Waals surface area contributed by atoms with Crippen LogP contribution in [0.2, 0.25) is 0 Å². The number of hydrogen-bond acceptors (Lipinski definition) is 9. The monoisotopic (exact) mass is 590 g/mol. The van der Waals surface area contributed by atoms with Gasteiger partial charge in [-0.3, -0.25) is 24.4 Å². The van der Waals surface area contributed by atoms with E-state index in [4.69, 9.17) is 14.6 Å². The number of hydroxylamine groups is 2. The van der Waals surface area contributed by atoms with Gasteiger partial charge in [0.25, 0.3) is 11.8 Å². The lowest BCUT2D eigenvalue weighted by Gasteiger charge is -2.29. The molecule has 0 aliphatic heterocycles. The fourth-order valence-corrected chi connectivity index (χ4v) is 4.38. The largest absolute Gasteiger partial charge is 0.480 e. The molecule has 14 heteroatoms. The Hall–Kier alpha value is -4.27. The van der Waals surface area contributed by atoms with Crippen molar-refractivity contribution in [3.05, 3.63) is 47.7 Å². The molecule has 2 rings (SSSR count). The Morgan fingerprint density at radius 3 is 2.38 bits per heavy atom. The molecular formula is C28H38N4O10. The zero-order valence-electron chi connectivity index (χ0n) is 23.5. The second-order valence-corrected chi connectivity index (χ2v) is 9.61. The number of hydrogen-bond donors (Lipinski definition) is 7. The van der Waals surface area contributed by atoms with E-state index in [0.29, 0.717) is 23.5 Å². The first-order valence-corrected chi connectivity index (χ1v) is 13.6. The molecule has 0 aliphatic carbocycles. The van der Waals surface area contributed by atoms with Crippen LogP contribution in [0.4, 0.5) is 0 Å². The van der Waals surface area contributed by atoms with Crippen LogP contribution in [0.3, 0.4) is 0 Å². The van der Waals surface area contributed by atoms with Crippen LogP contribution in [0.25, 0.3) is 11.3 Å². The minimum Gasteiger partial charge on any atom is -0.480 e. The summed E-state index contributed by atoms with van der Waals surface area (Å²) in [6.07, 6.45) is 1.10. The van der Waals surface area contributed by atoms with Gasteiger partial charge in [-0.25, -0.2) is 9.86 Å². The number of carboxylic acids is 1. The van der Waals surface area contributed by atoms with Gasteiger partial charge in [0.05, 0.1) is 18.6 Å². The van der Waals surface area contributed by atoms with Crippen molar-refractivity contribution in [2.45, 2.75) is 70.7 Å². The summed E-state index contributed by atoms with van der Waals surface area (Å²) in [5.74, 6) is -3.77. The first-order valence-electron chi connectivity index (χ1n) is 13.6. The fraction of sp³-hybridized carbons (Fsp3) is 0.464. The second kappa shape index (κ2) is 16.9. The maximum atomic E-state index is 12.9. The number of aliphatic hydroxyl groups excluding tert-OH is 1. The van der Waals surface area contributed by atoms with Crippen LogP contribution in [0, 0.1) is 5.92 Å². The number of amides is 4. The zero-order valence-corrected chi connectivity index (χ0v) is 23.5. The predicted octanol–water partition coefficient (Wildman–Crippen LogP) is 1.46. The van der Waals surface area contributed by atoms with Crippen molar-refractivity contribution in [2.24, 2.45) is 5.92 Å². The van der Waals surface area contributed by atoms with Gasteiger partial charge in [0.1, 0.15) is 11.8 Å². The van der Waals surface area contributed by atoms with Crippen molar-refractivity contribution in [2.75, 3.05) is 6.67 Å². The summed E-state index contributed by atoms with van der Waals surface area (Å²) in [5, 5.41) is 45.1. The number of aliphatic carboxylic acids is 1. The highest BCUT2D eigenvalue weighted by Gasteiger charge is 2.30. The minimum absolute atomic E-state index is 0.0752. The lowest BCUT2D eigenvalue weighted by molar-refractivity contribution is -0.168. The highest BCUT2D eigenvalue weighted by molar-refractivity contribution is 5.97. The third kappa shape index (κ3) is 9.98. The normalized spacial score (nSPS) is 13.1. The van der Waals surface area contributed by atoms with Gasteiger partial charge in [0, 0.05) is 17.5 Å². The van der Waals surface area contributed by atoms with E-state index in [1.54, 1.807) is 13.0 Å². The van der Waals surface area contributed by atoms with Gasteiger partial charge in [-0.2, -0.15) is 0 Å². The van der Waals surface area contributed by atoms with Gasteiger partial charge in [0.2, 0.25) is 12.3 Å². The van der Waals surface area contributed by atoms with Gasteiger partial charge >= 0.3 is 5.97 Å². The number of rotatable bonds is 18. The highest BCUT2D eigenvalue weighted by atomic mass is 16.5. The Kier molecular flexibility index (Phi) is 13.6. The van der Waals surface area contributed by atoms with Crippen LogP contribution < -0.4 is 16.0 Å². The molecule has 0 saturated carbocycles.